The molecule has 2 aliphatic rings. The fraction of sp³-hybridized carbons (Fsp3) is 0.611. The third-order valence-electron chi connectivity index (χ3n) is 4.56. The van der Waals surface area contributed by atoms with Crippen LogP contribution in [0.5, 0.6) is 0 Å². The number of carbonyl (C=O) groups excluding carboxylic acids is 1. The number of halogens is 1. The van der Waals surface area contributed by atoms with Crippen molar-refractivity contribution < 1.29 is 4.79 Å². The largest absolute Gasteiger partial charge is 0.338 e. The molecule has 1 atom stereocenters. The van der Waals surface area contributed by atoms with Crippen molar-refractivity contribution in [2.24, 2.45) is 5.92 Å². The zero-order chi connectivity index (χ0) is 16.1. The van der Waals surface area contributed by atoms with Crippen LogP contribution in [0.25, 0.3) is 0 Å². The third kappa shape index (κ3) is 5.07. The molecule has 1 aromatic carbocycles. The first-order valence-electron chi connectivity index (χ1n) is 8.55. The summed E-state index contributed by atoms with van der Waals surface area (Å²) in [6, 6.07) is 8.35. The van der Waals surface area contributed by atoms with Gasteiger partial charge in [-0.3, -0.25) is 4.79 Å². The third-order valence-corrected chi connectivity index (χ3v) is 7.57. The smallest absolute Gasteiger partial charge is 0.253 e. The molecule has 134 valence electrons. The van der Waals surface area contributed by atoms with Crippen LogP contribution in [0.15, 0.2) is 24.3 Å². The second kappa shape index (κ2) is 9.95. The number of hydrogen-bond acceptors (Lipinski definition) is 4. The Morgan fingerprint density at radius 1 is 1.21 bits per heavy atom. The van der Waals surface area contributed by atoms with Gasteiger partial charge in [-0.15, -0.1) is 35.9 Å². The molecule has 0 radical (unpaired) electrons. The van der Waals surface area contributed by atoms with E-state index in [2.05, 4.69) is 17.4 Å². The molecule has 0 aliphatic carbocycles. The second-order valence-corrected chi connectivity index (χ2v) is 9.09. The first-order valence-corrected chi connectivity index (χ1v) is 10.6. The Morgan fingerprint density at radius 2 is 1.92 bits per heavy atom. The summed E-state index contributed by atoms with van der Waals surface area (Å²) < 4.78 is 0.544. The summed E-state index contributed by atoms with van der Waals surface area (Å²) in [5, 5.41) is 3.24. The molecule has 0 spiro atoms. The molecule has 1 unspecified atom stereocenters. The lowest BCUT2D eigenvalue weighted by atomic mass is 9.97. The highest BCUT2D eigenvalue weighted by molar-refractivity contribution is 8.16. The van der Waals surface area contributed by atoms with Crippen LogP contribution in [-0.2, 0) is 0 Å². The van der Waals surface area contributed by atoms with Gasteiger partial charge >= 0.3 is 0 Å². The fourth-order valence-electron chi connectivity index (χ4n) is 3.35. The molecule has 2 saturated heterocycles. The van der Waals surface area contributed by atoms with Gasteiger partial charge in [-0.25, -0.2) is 0 Å². The molecule has 1 aromatic rings. The van der Waals surface area contributed by atoms with Gasteiger partial charge in [0, 0.05) is 18.7 Å². The summed E-state index contributed by atoms with van der Waals surface area (Å²) in [6.07, 6.45) is 3.65. The number of hydrogen-bond donors (Lipinski definition) is 1. The van der Waals surface area contributed by atoms with Crippen molar-refractivity contribution in [3.8, 4) is 0 Å². The van der Waals surface area contributed by atoms with E-state index < -0.39 is 0 Å². The molecule has 3 nitrogen and oxygen atoms in total. The van der Waals surface area contributed by atoms with E-state index in [9.17, 15) is 4.79 Å². The van der Waals surface area contributed by atoms with Crippen LogP contribution in [0.2, 0.25) is 0 Å². The Hall–Kier alpha value is -0.360. The molecule has 0 aromatic heterocycles. The van der Waals surface area contributed by atoms with Crippen molar-refractivity contribution in [1.82, 2.24) is 10.2 Å². The quantitative estimate of drug-likeness (QED) is 0.846. The maximum absolute atomic E-state index is 12.7. The zero-order valence-electron chi connectivity index (χ0n) is 14.2. The van der Waals surface area contributed by atoms with Crippen molar-refractivity contribution in [3.63, 3.8) is 0 Å². The molecule has 0 saturated carbocycles. The number of piperidine rings is 1. The summed E-state index contributed by atoms with van der Waals surface area (Å²) in [7, 11) is 1.99. The molecule has 2 aliphatic heterocycles. The zero-order valence-corrected chi connectivity index (χ0v) is 16.7. The Bertz CT molecular complexity index is 518. The van der Waals surface area contributed by atoms with Gasteiger partial charge in [-0.1, -0.05) is 12.1 Å². The molecule has 3 rings (SSSR count). The standard InChI is InChI=1S/C18H26N2OS2.ClH/c1-19-12-14-4-2-9-20(13-14)17(21)15-5-7-16(8-6-15)18-22-10-3-11-23-18;/h5-8,14,18-19H,2-4,9-13H2,1H3;1H. The first kappa shape index (κ1) is 20.0. The average Bonchev–Trinajstić information content (AvgIpc) is 2.62. The lowest BCUT2D eigenvalue weighted by Gasteiger charge is -2.33. The number of nitrogens with zero attached hydrogens (tertiary/aromatic N) is 1. The highest BCUT2D eigenvalue weighted by Crippen LogP contribution is 2.43. The van der Waals surface area contributed by atoms with E-state index in [0.29, 0.717) is 10.5 Å². The van der Waals surface area contributed by atoms with Gasteiger partial charge in [0.15, 0.2) is 0 Å². The van der Waals surface area contributed by atoms with Gasteiger partial charge in [0.1, 0.15) is 0 Å². The number of nitrogens with one attached hydrogen (secondary N) is 1. The molecule has 1 N–H and O–H groups in total. The van der Waals surface area contributed by atoms with Gasteiger partial charge < -0.3 is 10.2 Å². The monoisotopic (exact) mass is 386 g/mol. The summed E-state index contributed by atoms with van der Waals surface area (Å²) in [5.74, 6) is 3.28. The number of benzene rings is 1. The lowest BCUT2D eigenvalue weighted by molar-refractivity contribution is 0.0674. The summed E-state index contributed by atoms with van der Waals surface area (Å²) in [6.45, 7) is 2.78. The fourth-order valence-corrected chi connectivity index (χ4v) is 6.24. The van der Waals surface area contributed by atoms with Crippen LogP contribution in [0.1, 0.15) is 39.8 Å². The number of thioether (sulfide) groups is 2. The lowest BCUT2D eigenvalue weighted by Crippen LogP contribution is -2.42. The van der Waals surface area contributed by atoms with Crippen molar-refractivity contribution in [3.05, 3.63) is 35.4 Å². The highest BCUT2D eigenvalue weighted by atomic mass is 35.5. The Labute approximate surface area is 160 Å². The normalized spacial score (nSPS) is 22.0. The topological polar surface area (TPSA) is 32.3 Å². The van der Waals surface area contributed by atoms with E-state index in [-0.39, 0.29) is 18.3 Å². The van der Waals surface area contributed by atoms with Crippen LogP contribution in [0, 0.1) is 5.92 Å². The minimum Gasteiger partial charge on any atom is -0.338 e. The number of amides is 1. The number of likely N-dealkylation sites (tertiary alicyclic amines) is 1. The SMILES string of the molecule is CNCC1CCCN(C(=O)c2ccc(C3SCCCS3)cc2)C1.Cl. The molecule has 0 bridgehead atoms. The van der Waals surface area contributed by atoms with Gasteiger partial charge in [-0.2, -0.15) is 0 Å². The molecular formula is C18H27ClN2OS2. The number of carbonyl (C=O) groups is 1. The predicted molar refractivity (Wildman–Crippen MR) is 109 cm³/mol. The molecule has 1 amide bonds. The van der Waals surface area contributed by atoms with Crippen molar-refractivity contribution in [1.29, 1.82) is 0 Å². The highest BCUT2D eigenvalue weighted by Gasteiger charge is 2.24. The minimum atomic E-state index is 0. The van der Waals surface area contributed by atoms with E-state index in [1.165, 1.54) is 29.9 Å². The summed E-state index contributed by atoms with van der Waals surface area (Å²) >= 11 is 4.05. The Balaban J connectivity index is 0.00000208. The molecule has 6 heteroatoms. The Kier molecular flexibility index (Phi) is 8.28. The van der Waals surface area contributed by atoms with Crippen LogP contribution >= 0.6 is 35.9 Å². The van der Waals surface area contributed by atoms with Gasteiger partial charge in [0.2, 0.25) is 0 Å². The summed E-state index contributed by atoms with van der Waals surface area (Å²) in [4.78, 5) is 14.8. The summed E-state index contributed by atoms with van der Waals surface area (Å²) in [5.41, 5.74) is 2.19. The van der Waals surface area contributed by atoms with E-state index in [0.717, 1.165) is 31.6 Å². The van der Waals surface area contributed by atoms with Crippen LogP contribution < -0.4 is 5.32 Å². The van der Waals surface area contributed by atoms with Crippen LogP contribution in [0.3, 0.4) is 0 Å². The van der Waals surface area contributed by atoms with Crippen LogP contribution in [-0.4, -0.2) is 49.0 Å². The first-order chi connectivity index (χ1) is 11.3. The van der Waals surface area contributed by atoms with Crippen molar-refractivity contribution >= 4 is 41.8 Å². The predicted octanol–water partition coefficient (Wildman–Crippen LogP) is 4.05. The molecule has 2 fully saturated rings. The molecule has 2 heterocycles. The molecular weight excluding hydrogens is 360 g/mol. The van der Waals surface area contributed by atoms with Crippen molar-refractivity contribution in [2.45, 2.75) is 23.8 Å². The number of rotatable bonds is 4. The average molecular weight is 387 g/mol. The maximum Gasteiger partial charge on any atom is 0.253 e. The van der Waals surface area contributed by atoms with E-state index >= 15 is 0 Å². The molecule has 24 heavy (non-hydrogen) atoms. The Morgan fingerprint density at radius 3 is 2.58 bits per heavy atom. The van der Waals surface area contributed by atoms with Gasteiger partial charge in [0.25, 0.3) is 5.91 Å². The second-order valence-electron chi connectivity index (χ2n) is 6.37. The maximum atomic E-state index is 12.7. The van der Waals surface area contributed by atoms with E-state index in [1.54, 1.807) is 0 Å². The van der Waals surface area contributed by atoms with Gasteiger partial charge in [-0.05, 0) is 68.0 Å². The van der Waals surface area contributed by atoms with E-state index in [1.807, 2.05) is 47.6 Å². The van der Waals surface area contributed by atoms with Gasteiger partial charge in [0.05, 0.1) is 4.58 Å². The minimum absolute atomic E-state index is 0. The van der Waals surface area contributed by atoms with E-state index in [4.69, 9.17) is 0 Å². The van der Waals surface area contributed by atoms with Crippen molar-refractivity contribution in [2.75, 3.05) is 38.2 Å². The van der Waals surface area contributed by atoms with Crippen LogP contribution in [0.4, 0.5) is 0 Å².